The van der Waals surface area contributed by atoms with Crippen LogP contribution in [-0.2, 0) is 19.3 Å². The van der Waals surface area contributed by atoms with E-state index in [0.29, 0.717) is 5.76 Å². The van der Waals surface area contributed by atoms with Crippen molar-refractivity contribution in [3.8, 4) is 16.3 Å². The van der Waals surface area contributed by atoms with Crippen molar-refractivity contribution in [2.45, 2.75) is 19.3 Å². The van der Waals surface area contributed by atoms with Gasteiger partial charge in [0, 0.05) is 22.6 Å². The zero-order valence-corrected chi connectivity index (χ0v) is 17.7. The van der Waals surface area contributed by atoms with Crippen LogP contribution in [0.3, 0.4) is 0 Å². The molecule has 0 fully saturated rings. The maximum Gasteiger partial charge on any atom is 0.416 e. The minimum atomic E-state index is -4.51. The highest BCUT2D eigenvalue weighted by molar-refractivity contribution is 7.13. The molecule has 0 saturated carbocycles. The number of thiazole rings is 1. The number of hydrogen-bond donors (Lipinski definition) is 1. The monoisotopic (exact) mass is 476 g/mol. The average molecular weight is 476 g/mol. The van der Waals surface area contributed by atoms with E-state index in [1.54, 1.807) is 12.1 Å². The molecule has 170 valence electrons. The van der Waals surface area contributed by atoms with Gasteiger partial charge >= 0.3 is 6.18 Å². The summed E-state index contributed by atoms with van der Waals surface area (Å²) in [5.74, 6) is -0.453. The molecule has 4 rings (SSSR count). The third-order valence-electron chi connectivity index (χ3n) is 4.63. The second-order valence-corrected chi connectivity index (χ2v) is 7.74. The topological polar surface area (TPSA) is 64.4 Å². The van der Waals surface area contributed by atoms with Gasteiger partial charge in [0.1, 0.15) is 34.6 Å². The first-order valence-electron chi connectivity index (χ1n) is 9.65. The molecule has 4 aromatic rings. The molecule has 0 aliphatic carbocycles. The minimum Gasteiger partial charge on any atom is -0.489 e. The fourth-order valence-corrected chi connectivity index (χ4v) is 3.84. The van der Waals surface area contributed by atoms with Gasteiger partial charge in [-0.1, -0.05) is 18.2 Å². The number of carbonyl (C=O) groups is 1. The van der Waals surface area contributed by atoms with Gasteiger partial charge in [0.2, 0.25) is 0 Å². The summed E-state index contributed by atoms with van der Waals surface area (Å²) in [5, 5.41) is 4.44. The summed E-state index contributed by atoms with van der Waals surface area (Å²) in [6.07, 6.45) is -3.02. The summed E-state index contributed by atoms with van der Waals surface area (Å²) in [6.45, 7) is -0.178. The Labute approximate surface area is 189 Å². The van der Waals surface area contributed by atoms with Crippen LogP contribution in [0.15, 0.2) is 70.7 Å². The zero-order chi connectivity index (χ0) is 23.4. The number of nitrogens with zero attached hydrogens (tertiary/aromatic N) is 1. The Morgan fingerprint density at radius 3 is 2.67 bits per heavy atom. The molecule has 0 aliphatic heterocycles. The molecule has 2 aromatic carbocycles. The van der Waals surface area contributed by atoms with Gasteiger partial charge < -0.3 is 14.5 Å². The molecule has 0 unspecified atom stereocenters. The van der Waals surface area contributed by atoms with E-state index in [0.717, 1.165) is 23.5 Å². The van der Waals surface area contributed by atoms with Gasteiger partial charge in [-0.2, -0.15) is 13.2 Å². The highest BCUT2D eigenvalue weighted by atomic mass is 32.1. The molecule has 0 atom stereocenters. The molecule has 33 heavy (non-hydrogen) atoms. The highest BCUT2D eigenvalue weighted by Gasteiger charge is 2.33. The number of aromatic nitrogens is 1. The van der Waals surface area contributed by atoms with Gasteiger partial charge in [-0.15, -0.1) is 11.3 Å². The van der Waals surface area contributed by atoms with Gasteiger partial charge in [0.25, 0.3) is 5.91 Å². The van der Waals surface area contributed by atoms with Crippen LogP contribution < -0.4 is 10.1 Å². The van der Waals surface area contributed by atoms with Crippen molar-refractivity contribution in [2.75, 3.05) is 0 Å². The number of rotatable bonds is 7. The van der Waals surface area contributed by atoms with Crippen LogP contribution in [0.2, 0.25) is 0 Å². The maximum absolute atomic E-state index is 14.7. The molecule has 1 N–H and O–H groups in total. The molecule has 0 aliphatic rings. The Kier molecular flexibility index (Phi) is 6.45. The van der Waals surface area contributed by atoms with Crippen LogP contribution in [0.4, 0.5) is 17.6 Å². The number of carbonyl (C=O) groups excluding carboxylic acids is 1. The molecule has 0 spiro atoms. The van der Waals surface area contributed by atoms with Crippen LogP contribution >= 0.6 is 11.3 Å². The van der Waals surface area contributed by atoms with Crippen molar-refractivity contribution >= 4 is 17.2 Å². The number of furan rings is 1. The molecule has 5 nitrogen and oxygen atoms in total. The van der Waals surface area contributed by atoms with E-state index in [-0.39, 0.29) is 40.7 Å². The molecule has 0 saturated heterocycles. The second kappa shape index (κ2) is 9.45. The van der Waals surface area contributed by atoms with E-state index in [2.05, 4.69) is 10.3 Å². The summed E-state index contributed by atoms with van der Waals surface area (Å²) in [7, 11) is 0. The molecule has 10 heteroatoms. The molecule has 0 bridgehead atoms. The van der Waals surface area contributed by atoms with Crippen LogP contribution in [0, 0.1) is 5.82 Å². The smallest absolute Gasteiger partial charge is 0.416 e. The van der Waals surface area contributed by atoms with E-state index < -0.39 is 23.5 Å². The number of alkyl halides is 3. The summed E-state index contributed by atoms with van der Waals surface area (Å²) >= 11 is 1.09. The third kappa shape index (κ3) is 5.40. The van der Waals surface area contributed by atoms with E-state index >= 15 is 0 Å². The Morgan fingerprint density at radius 2 is 1.94 bits per heavy atom. The lowest BCUT2D eigenvalue weighted by Gasteiger charge is -2.13. The first kappa shape index (κ1) is 22.5. The Hall–Kier alpha value is -3.66. The number of hydrogen-bond acceptors (Lipinski definition) is 5. The van der Waals surface area contributed by atoms with Crippen molar-refractivity contribution in [3.05, 3.63) is 94.6 Å². The van der Waals surface area contributed by atoms with Crippen molar-refractivity contribution < 1.29 is 31.5 Å². The van der Waals surface area contributed by atoms with E-state index in [1.165, 1.54) is 42.0 Å². The number of amides is 1. The fraction of sp³-hybridized carbons (Fsp3) is 0.130. The maximum atomic E-state index is 14.7. The van der Waals surface area contributed by atoms with E-state index in [1.807, 2.05) is 0 Å². The minimum absolute atomic E-state index is 0.0559. The van der Waals surface area contributed by atoms with Crippen LogP contribution in [0.25, 0.3) is 10.6 Å². The SMILES string of the molecule is O=C(NCc1ccco1)c1csc(-c2ccc(OCc3ccccc3C(F)(F)F)cc2F)n1. The quantitative estimate of drug-likeness (QED) is 0.329. The molecule has 2 aromatic heterocycles. The third-order valence-corrected chi connectivity index (χ3v) is 5.50. The molecular formula is C23H16F4N2O3S. The fourth-order valence-electron chi connectivity index (χ4n) is 3.02. The zero-order valence-electron chi connectivity index (χ0n) is 16.9. The van der Waals surface area contributed by atoms with Crippen molar-refractivity contribution in [3.63, 3.8) is 0 Å². The van der Waals surface area contributed by atoms with Gasteiger partial charge in [-0.25, -0.2) is 9.37 Å². The van der Waals surface area contributed by atoms with Crippen LogP contribution in [-0.4, -0.2) is 10.9 Å². The molecule has 2 heterocycles. The van der Waals surface area contributed by atoms with Crippen LogP contribution in [0.1, 0.15) is 27.4 Å². The van der Waals surface area contributed by atoms with Gasteiger partial charge in [0.05, 0.1) is 18.4 Å². The number of ether oxygens (including phenoxy) is 1. The Bertz CT molecular complexity index is 1250. The highest BCUT2D eigenvalue weighted by Crippen LogP contribution is 2.33. The second-order valence-electron chi connectivity index (χ2n) is 6.89. The van der Waals surface area contributed by atoms with Gasteiger partial charge in [-0.05, 0) is 30.3 Å². The Balaban J connectivity index is 1.43. The number of nitrogens with one attached hydrogen (secondary N) is 1. The molecule has 1 amide bonds. The van der Waals surface area contributed by atoms with Crippen molar-refractivity contribution in [1.82, 2.24) is 10.3 Å². The average Bonchev–Trinajstić information content (AvgIpc) is 3.48. The lowest BCUT2D eigenvalue weighted by Crippen LogP contribution is -2.22. The van der Waals surface area contributed by atoms with Gasteiger partial charge in [0.15, 0.2) is 0 Å². The van der Waals surface area contributed by atoms with Crippen molar-refractivity contribution in [1.29, 1.82) is 0 Å². The first-order valence-corrected chi connectivity index (χ1v) is 10.5. The largest absolute Gasteiger partial charge is 0.489 e. The lowest BCUT2D eigenvalue weighted by atomic mass is 10.1. The number of halogens is 4. The van der Waals surface area contributed by atoms with Crippen LogP contribution in [0.5, 0.6) is 5.75 Å². The first-order chi connectivity index (χ1) is 15.8. The summed E-state index contributed by atoms with van der Waals surface area (Å²) < 4.78 is 64.5. The van der Waals surface area contributed by atoms with Crippen molar-refractivity contribution in [2.24, 2.45) is 0 Å². The Morgan fingerprint density at radius 1 is 1.12 bits per heavy atom. The summed E-state index contributed by atoms with van der Waals surface area (Å²) in [6, 6.07) is 12.4. The normalized spacial score (nSPS) is 11.4. The summed E-state index contributed by atoms with van der Waals surface area (Å²) in [5.41, 5.74) is -0.583. The molecule has 0 radical (unpaired) electrons. The van der Waals surface area contributed by atoms with E-state index in [4.69, 9.17) is 9.15 Å². The molecular weight excluding hydrogens is 460 g/mol. The number of benzene rings is 2. The standard InChI is InChI=1S/C23H16F4N2O3S/c24-19-10-15(32-12-14-4-1-2-6-18(14)23(25,26)27)7-8-17(19)22-29-20(13-33-22)21(30)28-11-16-5-3-9-31-16/h1-10,13H,11-12H2,(H,28,30). The van der Waals surface area contributed by atoms with Gasteiger partial charge in [-0.3, -0.25) is 4.79 Å². The van der Waals surface area contributed by atoms with E-state index in [9.17, 15) is 22.4 Å². The predicted octanol–water partition coefficient (Wildman–Crippen LogP) is 6.07. The lowest BCUT2D eigenvalue weighted by molar-refractivity contribution is -0.138. The summed E-state index contributed by atoms with van der Waals surface area (Å²) in [4.78, 5) is 16.4. The predicted molar refractivity (Wildman–Crippen MR) is 113 cm³/mol.